The molecule has 0 N–H and O–H groups in total. The summed E-state index contributed by atoms with van der Waals surface area (Å²) in [6.45, 7) is 2.12. The molecule has 324 valence electrons. The Morgan fingerprint density at radius 1 is 0.314 bits per heavy atom. The van der Waals surface area contributed by atoms with E-state index in [9.17, 15) is 10.5 Å². The van der Waals surface area contributed by atoms with Gasteiger partial charge in [-0.2, -0.15) is 10.5 Å². The van der Waals surface area contributed by atoms with Crippen LogP contribution in [0.4, 0.5) is 0 Å². The standard InChI is InChI=1S/C63H36N6O/c1-37-30-31-54-45(34-37)58-55(32-33-57-59(58)44-22-8-15-29-56(44)70-57)69(54)61-47(36-65)46(35-64)60(66-48-23-9-2-16-38(48)39-17-3-10-24-49(39)66)62(67-50-25-11-4-18-40(50)41-19-5-12-26-51(41)67)63(61)68-52-27-13-6-20-42(52)43-21-7-14-28-53(43)68/h2-34H,1H3. The fraction of sp³-hybridized carbons (Fsp3) is 0.0159. The van der Waals surface area contributed by atoms with Gasteiger partial charge < -0.3 is 22.7 Å². The molecule has 0 aliphatic rings. The van der Waals surface area contributed by atoms with E-state index in [1.807, 2.05) is 12.1 Å². The second-order valence-electron chi connectivity index (χ2n) is 18.3. The highest BCUT2D eigenvalue weighted by atomic mass is 16.3. The van der Waals surface area contributed by atoms with E-state index in [1.165, 1.54) is 0 Å². The van der Waals surface area contributed by atoms with Crippen LogP contribution in [0.3, 0.4) is 0 Å². The molecule has 0 radical (unpaired) electrons. The highest BCUT2D eigenvalue weighted by Gasteiger charge is 2.35. The molecule has 0 saturated heterocycles. The molecule has 0 amide bonds. The molecule has 70 heavy (non-hydrogen) atoms. The minimum absolute atomic E-state index is 0.261. The normalized spacial score (nSPS) is 12.0. The molecule has 10 aromatic carbocycles. The summed E-state index contributed by atoms with van der Waals surface area (Å²) < 4.78 is 15.8. The number of nitriles is 2. The van der Waals surface area contributed by atoms with Crippen LogP contribution in [0.5, 0.6) is 0 Å². The zero-order valence-electron chi connectivity index (χ0n) is 37.6. The quantitative estimate of drug-likeness (QED) is 0.176. The Labute approximate surface area is 399 Å². The third kappa shape index (κ3) is 4.89. The van der Waals surface area contributed by atoms with Gasteiger partial charge in [0, 0.05) is 53.9 Å². The van der Waals surface area contributed by atoms with Crippen LogP contribution in [0.2, 0.25) is 0 Å². The second-order valence-corrected chi connectivity index (χ2v) is 18.3. The smallest absolute Gasteiger partial charge is 0.136 e. The number of fused-ring (bicyclic) bond motifs is 16. The third-order valence-electron chi connectivity index (χ3n) is 14.7. The van der Waals surface area contributed by atoms with E-state index >= 15 is 0 Å². The highest BCUT2D eigenvalue weighted by molar-refractivity contribution is 6.28. The molecule has 5 aromatic heterocycles. The van der Waals surface area contributed by atoms with Crippen molar-refractivity contribution in [3.05, 3.63) is 217 Å². The maximum absolute atomic E-state index is 12.2. The van der Waals surface area contributed by atoms with Gasteiger partial charge >= 0.3 is 0 Å². The first kappa shape index (κ1) is 38.3. The number of aryl methyl sites for hydroxylation is 1. The van der Waals surface area contributed by atoms with Crippen LogP contribution in [-0.2, 0) is 0 Å². The Bertz CT molecular complexity index is 4720. The van der Waals surface area contributed by atoms with Gasteiger partial charge in [-0.1, -0.05) is 139 Å². The topological polar surface area (TPSA) is 80.4 Å². The van der Waals surface area contributed by atoms with Crippen LogP contribution in [0.15, 0.2) is 205 Å². The SMILES string of the molecule is Cc1ccc2c(c1)c1c3c(ccc1n2-c1c(C#N)c(C#N)c(-n2c4ccccc4c4ccccc42)c(-n2c4ccccc4c4ccccc42)c1-n1c2ccccc2c2ccccc21)oc1ccccc13. The van der Waals surface area contributed by atoms with E-state index in [0.29, 0.717) is 11.4 Å². The number of nitrogens with zero attached hydrogens (tertiary/aromatic N) is 6. The lowest BCUT2D eigenvalue weighted by Crippen LogP contribution is -2.17. The fourth-order valence-corrected chi connectivity index (χ4v) is 11.9. The lowest BCUT2D eigenvalue weighted by Gasteiger charge is -2.27. The van der Waals surface area contributed by atoms with Crippen molar-refractivity contribution in [2.75, 3.05) is 0 Å². The summed E-state index contributed by atoms with van der Waals surface area (Å²) in [6, 6.07) is 75.3. The van der Waals surface area contributed by atoms with Crippen molar-refractivity contribution in [2.45, 2.75) is 6.92 Å². The van der Waals surface area contributed by atoms with Crippen molar-refractivity contribution in [3.63, 3.8) is 0 Å². The molecule has 5 heterocycles. The van der Waals surface area contributed by atoms with Gasteiger partial charge in [-0.25, -0.2) is 0 Å². The minimum atomic E-state index is 0.261. The number of benzene rings is 10. The summed E-state index contributed by atoms with van der Waals surface area (Å²) in [5.74, 6) is 0. The number of hydrogen-bond donors (Lipinski definition) is 0. The molecule has 0 fully saturated rings. The minimum Gasteiger partial charge on any atom is -0.456 e. The molecule has 7 heteroatoms. The zero-order chi connectivity index (χ0) is 46.4. The van der Waals surface area contributed by atoms with Crippen LogP contribution in [0, 0.1) is 29.6 Å². The molecule has 0 atom stereocenters. The molecular formula is C63H36N6O. The van der Waals surface area contributed by atoms with E-state index < -0.39 is 0 Å². The average Bonchev–Trinajstić information content (AvgIpc) is 4.21. The van der Waals surface area contributed by atoms with Crippen molar-refractivity contribution in [2.24, 2.45) is 0 Å². The summed E-state index contributed by atoms with van der Waals surface area (Å²) in [7, 11) is 0. The molecule has 15 rings (SSSR count). The second kappa shape index (κ2) is 14.1. The van der Waals surface area contributed by atoms with E-state index in [2.05, 4.69) is 225 Å². The molecule has 0 spiro atoms. The van der Waals surface area contributed by atoms with Crippen LogP contribution in [0.1, 0.15) is 16.7 Å². The summed E-state index contributed by atoms with van der Waals surface area (Å²) in [4.78, 5) is 0. The van der Waals surface area contributed by atoms with E-state index in [-0.39, 0.29) is 11.1 Å². The molecule has 0 aliphatic heterocycles. The lowest BCUT2D eigenvalue weighted by atomic mass is 9.98. The van der Waals surface area contributed by atoms with E-state index in [0.717, 1.165) is 126 Å². The van der Waals surface area contributed by atoms with Gasteiger partial charge in [-0.15, -0.1) is 0 Å². The maximum Gasteiger partial charge on any atom is 0.136 e. The number of aromatic nitrogens is 4. The van der Waals surface area contributed by atoms with Gasteiger partial charge in [0.2, 0.25) is 0 Å². The maximum atomic E-state index is 12.2. The van der Waals surface area contributed by atoms with Crippen molar-refractivity contribution in [1.29, 1.82) is 10.5 Å². The molecular weight excluding hydrogens is 857 g/mol. The summed E-state index contributed by atoms with van der Waals surface area (Å²) in [5.41, 5.74) is 13.5. The molecule has 0 saturated carbocycles. The average molecular weight is 893 g/mol. The zero-order valence-corrected chi connectivity index (χ0v) is 37.6. The molecule has 0 unspecified atom stereocenters. The first-order chi connectivity index (χ1) is 34.6. The highest BCUT2D eigenvalue weighted by Crippen LogP contribution is 2.50. The Hall–Kier alpha value is -9.82. The number of furan rings is 1. The Morgan fingerprint density at radius 2 is 0.657 bits per heavy atom. The van der Waals surface area contributed by atoms with Gasteiger partial charge in [0.15, 0.2) is 0 Å². The van der Waals surface area contributed by atoms with E-state index in [4.69, 9.17) is 4.42 Å². The van der Waals surface area contributed by atoms with Crippen LogP contribution >= 0.6 is 0 Å². The van der Waals surface area contributed by atoms with Crippen LogP contribution < -0.4 is 0 Å². The Balaban J connectivity index is 1.30. The van der Waals surface area contributed by atoms with Crippen molar-refractivity contribution in [3.8, 4) is 34.9 Å². The Kier molecular flexibility index (Phi) is 7.72. The number of para-hydroxylation sites is 7. The molecule has 15 aromatic rings. The van der Waals surface area contributed by atoms with E-state index in [1.54, 1.807) is 0 Å². The first-order valence-electron chi connectivity index (χ1n) is 23.5. The number of hydrogen-bond acceptors (Lipinski definition) is 3. The predicted octanol–water partition coefficient (Wildman–Crippen LogP) is 16.0. The molecule has 0 bridgehead atoms. The Morgan fingerprint density at radius 3 is 1.09 bits per heavy atom. The third-order valence-corrected chi connectivity index (χ3v) is 14.7. The predicted molar refractivity (Wildman–Crippen MR) is 285 cm³/mol. The van der Waals surface area contributed by atoms with Gasteiger partial charge in [-0.3, -0.25) is 0 Å². The van der Waals surface area contributed by atoms with Gasteiger partial charge in [-0.05, 0) is 73.7 Å². The largest absolute Gasteiger partial charge is 0.456 e. The molecule has 7 nitrogen and oxygen atoms in total. The monoisotopic (exact) mass is 892 g/mol. The van der Waals surface area contributed by atoms with Crippen molar-refractivity contribution in [1.82, 2.24) is 18.3 Å². The fourth-order valence-electron chi connectivity index (χ4n) is 11.9. The number of rotatable bonds is 4. The lowest BCUT2D eigenvalue weighted by molar-refractivity contribution is 0.669. The summed E-state index contributed by atoms with van der Waals surface area (Å²) in [5, 5.41) is 34.8. The van der Waals surface area contributed by atoms with Crippen molar-refractivity contribution >= 4 is 109 Å². The van der Waals surface area contributed by atoms with Crippen LogP contribution in [-0.4, -0.2) is 18.3 Å². The van der Waals surface area contributed by atoms with Gasteiger partial charge in [0.1, 0.15) is 23.3 Å². The first-order valence-corrected chi connectivity index (χ1v) is 23.5. The van der Waals surface area contributed by atoms with Gasteiger partial charge in [0.05, 0.1) is 78.0 Å². The summed E-state index contributed by atoms with van der Waals surface area (Å²) in [6.07, 6.45) is 0. The molecule has 0 aliphatic carbocycles. The van der Waals surface area contributed by atoms with Crippen LogP contribution in [0.25, 0.3) is 132 Å². The summed E-state index contributed by atoms with van der Waals surface area (Å²) >= 11 is 0. The van der Waals surface area contributed by atoms with Gasteiger partial charge in [0.25, 0.3) is 0 Å². The van der Waals surface area contributed by atoms with Crippen molar-refractivity contribution < 1.29 is 4.42 Å².